The number of carboxylic acids is 1. The van der Waals surface area contributed by atoms with Crippen LogP contribution in [0, 0.1) is 11.3 Å². The van der Waals surface area contributed by atoms with Gasteiger partial charge in [0.1, 0.15) is 11.8 Å². The minimum absolute atomic E-state index is 0.0498. The summed E-state index contributed by atoms with van der Waals surface area (Å²) in [6.07, 6.45) is -5.77. The van der Waals surface area contributed by atoms with E-state index in [1.807, 2.05) is 64.0 Å². The second kappa shape index (κ2) is 12.2. The fourth-order valence-electron chi connectivity index (χ4n) is 5.71. The minimum atomic E-state index is -4.53. The van der Waals surface area contributed by atoms with Crippen LogP contribution >= 0.6 is 0 Å². The van der Waals surface area contributed by atoms with Crippen molar-refractivity contribution in [2.75, 3.05) is 26.1 Å². The first kappa shape index (κ1) is 32.0. The van der Waals surface area contributed by atoms with Gasteiger partial charge in [0, 0.05) is 43.9 Å². The highest BCUT2D eigenvalue weighted by molar-refractivity contribution is 5.83. The summed E-state index contributed by atoms with van der Waals surface area (Å²) in [4.78, 5) is 29.7. The molecule has 1 saturated heterocycles. The van der Waals surface area contributed by atoms with Gasteiger partial charge in [-0.1, -0.05) is 45.0 Å². The van der Waals surface area contributed by atoms with Crippen molar-refractivity contribution >= 4 is 17.7 Å². The molecular formula is C30H40F3N3O5. The highest BCUT2D eigenvalue weighted by Gasteiger charge is 2.59. The molecule has 2 N–H and O–H groups in total. The van der Waals surface area contributed by atoms with E-state index in [1.165, 1.54) is 18.1 Å². The molecule has 0 aromatic heterocycles. The number of hydrogen-bond donors (Lipinski definition) is 2. The van der Waals surface area contributed by atoms with E-state index in [4.69, 9.17) is 9.47 Å². The Morgan fingerprint density at radius 1 is 1.10 bits per heavy atom. The highest BCUT2D eigenvalue weighted by Crippen LogP contribution is 2.50. The van der Waals surface area contributed by atoms with E-state index < -0.39 is 59.4 Å². The molecule has 1 fully saturated rings. The van der Waals surface area contributed by atoms with E-state index in [0.717, 1.165) is 17.8 Å². The summed E-state index contributed by atoms with van der Waals surface area (Å²) in [5.74, 6) is -1.73. The molecule has 0 aliphatic carbocycles. The lowest BCUT2D eigenvalue weighted by Gasteiger charge is -2.35. The Bertz CT molecular complexity index is 1240. The van der Waals surface area contributed by atoms with Gasteiger partial charge in [-0.05, 0) is 43.0 Å². The monoisotopic (exact) mass is 579 g/mol. The number of aliphatic carboxylic acids is 1. The van der Waals surface area contributed by atoms with Crippen LogP contribution in [0.15, 0.2) is 42.5 Å². The van der Waals surface area contributed by atoms with E-state index in [9.17, 15) is 27.9 Å². The maximum atomic E-state index is 13.6. The van der Waals surface area contributed by atoms with Gasteiger partial charge < -0.3 is 24.8 Å². The van der Waals surface area contributed by atoms with Gasteiger partial charge in [0.25, 0.3) is 0 Å². The Morgan fingerprint density at radius 2 is 1.73 bits per heavy atom. The largest absolute Gasteiger partial charge is 0.496 e. The number of likely N-dealkylation sites (tertiary alicyclic amines) is 1. The lowest BCUT2D eigenvalue weighted by atomic mass is 9.72. The van der Waals surface area contributed by atoms with Gasteiger partial charge in [0.2, 0.25) is 0 Å². The smallest absolute Gasteiger partial charge is 0.416 e. The summed E-state index contributed by atoms with van der Waals surface area (Å²) in [6.45, 7) is 9.19. The molecule has 0 spiro atoms. The van der Waals surface area contributed by atoms with Gasteiger partial charge in [-0.15, -0.1) is 0 Å². The van der Waals surface area contributed by atoms with E-state index in [0.29, 0.717) is 11.1 Å². The molecule has 11 heteroatoms. The molecule has 8 nitrogen and oxygen atoms in total. The van der Waals surface area contributed by atoms with Gasteiger partial charge >= 0.3 is 18.2 Å². The fourth-order valence-corrected chi connectivity index (χ4v) is 5.71. The average Bonchev–Trinajstić information content (AvgIpc) is 3.22. The van der Waals surface area contributed by atoms with Gasteiger partial charge in [0.05, 0.1) is 24.8 Å². The van der Waals surface area contributed by atoms with Crippen LogP contribution in [0.5, 0.6) is 5.75 Å². The van der Waals surface area contributed by atoms with Crippen LogP contribution in [0.3, 0.4) is 0 Å². The van der Waals surface area contributed by atoms with Crippen LogP contribution in [0.4, 0.5) is 23.7 Å². The summed E-state index contributed by atoms with van der Waals surface area (Å²) in [6, 6.07) is 8.06. The van der Waals surface area contributed by atoms with Crippen LogP contribution in [0.1, 0.15) is 57.4 Å². The van der Waals surface area contributed by atoms with Crippen molar-refractivity contribution < 1.29 is 37.3 Å². The highest BCUT2D eigenvalue weighted by atomic mass is 19.4. The molecule has 1 amide bonds. The fraction of sp³-hybridized carbons (Fsp3) is 0.533. The van der Waals surface area contributed by atoms with E-state index >= 15 is 0 Å². The summed E-state index contributed by atoms with van der Waals surface area (Å²) < 4.78 is 50.9. The van der Waals surface area contributed by atoms with Crippen molar-refractivity contribution in [3.05, 3.63) is 59.2 Å². The molecule has 0 bridgehead atoms. The van der Waals surface area contributed by atoms with Crippen molar-refractivity contribution in [1.82, 2.24) is 10.2 Å². The number of ether oxygens (including phenoxy) is 2. The third-order valence-corrected chi connectivity index (χ3v) is 7.35. The molecule has 3 rings (SSSR count). The van der Waals surface area contributed by atoms with Crippen LogP contribution in [0.2, 0.25) is 0 Å². The zero-order valence-electron chi connectivity index (χ0n) is 24.7. The topological polar surface area (TPSA) is 91.3 Å². The Labute approximate surface area is 239 Å². The number of carbonyl (C=O) groups is 2. The molecule has 2 aromatic carbocycles. The maximum absolute atomic E-state index is 13.6. The Morgan fingerprint density at radius 3 is 2.24 bits per heavy atom. The number of carbonyl (C=O) groups excluding carboxylic acids is 1. The predicted octanol–water partition coefficient (Wildman–Crippen LogP) is 5.96. The number of halogens is 3. The molecule has 4 atom stereocenters. The number of amides is 1. The summed E-state index contributed by atoms with van der Waals surface area (Å²) in [7, 11) is 5.01. The summed E-state index contributed by atoms with van der Waals surface area (Å²) >= 11 is 0. The lowest BCUT2D eigenvalue weighted by molar-refractivity contribution is -0.145. The molecule has 1 aliphatic heterocycles. The van der Waals surface area contributed by atoms with Gasteiger partial charge in [-0.25, -0.2) is 9.59 Å². The van der Waals surface area contributed by atoms with Crippen molar-refractivity contribution in [2.45, 2.75) is 71.6 Å². The first-order valence-electron chi connectivity index (χ1n) is 13.4. The van der Waals surface area contributed by atoms with Crippen molar-refractivity contribution in [3.8, 4) is 5.75 Å². The number of benzene rings is 2. The number of para-hydroxylation sites is 1. The van der Waals surface area contributed by atoms with E-state index in [1.54, 1.807) is 13.8 Å². The quantitative estimate of drug-likeness (QED) is 0.399. The number of alkyl halides is 3. The van der Waals surface area contributed by atoms with Crippen molar-refractivity contribution in [2.24, 2.45) is 11.3 Å². The molecule has 2 aromatic rings. The normalized spacial score (nSPS) is 21.2. The molecule has 1 heterocycles. The van der Waals surface area contributed by atoms with E-state index in [2.05, 4.69) is 5.32 Å². The molecule has 1 aliphatic rings. The Balaban J connectivity index is 2.20. The van der Waals surface area contributed by atoms with Gasteiger partial charge in [-0.2, -0.15) is 13.2 Å². The van der Waals surface area contributed by atoms with Crippen molar-refractivity contribution in [1.29, 1.82) is 0 Å². The number of carboxylic acid groups (broad SMARTS) is 1. The summed E-state index contributed by atoms with van der Waals surface area (Å²) in [5, 5.41) is 14.0. The molecule has 41 heavy (non-hydrogen) atoms. The van der Waals surface area contributed by atoms with Crippen LogP contribution < -0.4 is 15.0 Å². The standard InChI is InChI=1S/C30H40F3N3O5/c1-17(2)41-28(39)36-25(20-11-9-10-12-21(20)35(6)7)24(23(29(3,4)5)26(36)27(37)38)34-16-18-13-14-19(30(31,32)33)15-22(18)40-8/h9-15,17,23-26,34H,16H2,1-8H3,(H,37,38). The number of nitrogens with zero attached hydrogens (tertiary/aromatic N) is 2. The molecule has 0 radical (unpaired) electrons. The van der Waals surface area contributed by atoms with Crippen LogP contribution in [-0.2, 0) is 22.3 Å². The van der Waals surface area contributed by atoms with E-state index in [-0.39, 0.29) is 12.3 Å². The predicted molar refractivity (Wildman–Crippen MR) is 150 cm³/mol. The maximum Gasteiger partial charge on any atom is 0.416 e. The van der Waals surface area contributed by atoms with Gasteiger partial charge in [0.15, 0.2) is 0 Å². The number of rotatable bonds is 8. The zero-order valence-corrected chi connectivity index (χ0v) is 24.7. The SMILES string of the molecule is COc1cc(C(F)(F)F)ccc1CNC1C(c2ccccc2N(C)C)N(C(=O)OC(C)C)C(C(=O)O)C1C(C)(C)C. The average molecular weight is 580 g/mol. The number of methoxy groups -OCH3 is 1. The number of hydrogen-bond acceptors (Lipinski definition) is 6. The first-order valence-corrected chi connectivity index (χ1v) is 13.4. The third-order valence-electron chi connectivity index (χ3n) is 7.35. The Kier molecular flexibility index (Phi) is 9.52. The lowest BCUT2D eigenvalue weighted by Crippen LogP contribution is -2.48. The minimum Gasteiger partial charge on any atom is -0.496 e. The Hall–Kier alpha value is -3.47. The molecular weight excluding hydrogens is 539 g/mol. The zero-order chi connectivity index (χ0) is 30.9. The third kappa shape index (κ3) is 6.89. The first-order chi connectivity index (χ1) is 19.0. The van der Waals surface area contributed by atoms with Crippen LogP contribution in [-0.4, -0.2) is 61.5 Å². The molecule has 4 unspecified atom stereocenters. The second-order valence-electron chi connectivity index (χ2n) is 11.8. The van der Waals surface area contributed by atoms with Crippen molar-refractivity contribution in [3.63, 3.8) is 0 Å². The van der Waals surface area contributed by atoms with Gasteiger partial charge in [-0.3, -0.25) is 4.90 Å². The second-order valence-corrected chi connectivity index (χ2v) is 11.8. The summed E-state index contributed by atoms with van der Waals surface area (Å²) in [5.41, 5.74) is 0.523. The molecule has 0 saturated carbocycles. The number of nitrogens with one attached hydrogen (secondary N) is 1. The van der Waals surface area contributed by atoms with Crippen LogP contribution in [0.25, 0.3) is 0 Å². The number of anilines is 1. The molecule has 226 valence electrons.